The molecule has 7 heteroatoms. The van der Waals surface area contributed by atoms with Gasteiger partial charge in [-0.1, -0.05) is 12.1 Å². The van der Waals surface area contributed by atoms with E-state index in [0.717, 1.165) is 11.3 Å². The van der Waals surface area contributed by atoms with Crippen molar-refractivity contribution in [2.75, 3.05) is 25.1 Å². The number of halogens is 1. The second-order valence-electron chi connectivity index (χ2n) is 6.75. The summed E-state index contributed by atoms with van der Waals surface area (Å²) in [4.78, 5) is 18.8. The summed E-state index contributed by atoms with van der Waals surface area (Å²) >= 11 is 0. The maximum Gasteiger partial charge on any atom is 0.254 e. The van der Waals surface area contributed by atoms with E-state index in [4.69, 9.17) is 4.74 Å². The molecule has 0 bridgehead atoms. The van der Waals surface area contributed by atoms with Crippen LogP contribution in [0.25, 0.3) is 11.1 Å². The monoisotopic (exact) mass is 393 g/mol. The zero-order valence-corrected chi connectivity index (χ0v) is 15.9. The van der Waals surface area contributed by atoms with Crippen molar-refractivity contribution in [2.24, 2.45) is 0 Å². The Bertz CT molecular complexity index is 1060. The number of hydrogen-bond acceptors (Lipinski definition) is 5. The minimum atomic E-state index is -0.717. The minimum absolute atomic E-state index is 0.287. The van der Waals surface area contributed by atoms with Crippen LogP contribution >= 0.6 is 0 Å². The van der Waals surface area contributed by atoms with Crippen LogP contribution in [0.3, 0.4) is 0 Å². The smallest absolute Gasteiger partial charge is 0.254 e. The van der Waals surface area contributed by atoms with Crippen molar-refractivity contribution in [3.05, 3.63) is 71.8 Å². The molecule has 3 aromatic rings. The fraction of sp³-hybridized carbons (Fsp3) is 0.182. The van der Waals surface area contributed by atoms with Gasteiger partial charge in [-0.2, -0.15) is 0 Å². The highest BCUT2D eigenvalue weighted by Gasteiger charge is 2.25. The normalized spacial score (nSPS) is 12.8. The van der Waals surface area contributed by atoms with Crippen LogP contribution in [0.15, 0.2) is 54.9 Å². The molecule has 0 spiro atoms. The van der Waals surface area contributed by atoms with E-state index in [1.807, 2.05) is 18.2 Å². The molecular weight excluding hydrogens is 373 g/mol. The predicted octanol–water partition coefficient (Wildman–Crippen LogP) is 3.35. The number of pyridine rings is 1. The summed E-state index contributed by atoms with van der Waals surface area (Å²) in [7, 11) is 1.55. The van der Waals surface area contributed by atoms with E-state index in [-0.39, 0.29) is 5.91 Å². The van der Waals surface area contributed by atoms with Crippen LogP contribution in [0.2, 0.25) is 0 Å². The molecule has 1 aliphatic rings. The zero-order chi connectivity index (χ0) is 20.4. The topological polar surface area (TPSA) is 74.7 Å². The number of ether oxygens (including phenoxy) is 1. The lowest BCUT2D eigenvalue weighted by atomic mass is 9.99. The van der Waals surface area contributed by atoms with Crippen LogP contribution in [0, 0.1) is 5.82 Å². The van der Waals surface area contributed by atoms with Crippen LogP contribution in [-0.4, -0.2) is 36.2 Å². The van der Waals surface area contributed by atoms with Crippen molar-refractivity contribution < 1.29 is 19.0 Å². The van der Waals surface area contributed by atoms with E-state index in [1.54, 1.807) is 31.6 Å². The first-order valence-corrected chi connectivity index (χ1v) is 9.22. The van der Waals surface area contributed by atoms with Gasteiger partial charge in [0.25, 0.3) is 5.91 Å². The molecule has 0 aliphatic carbocycles. The number of nitrogens with zero attached hydrogens (tertiary/aromatic N) is 2. The highest BCUT2D eigenvalue weighted by Crippen LogP contribution is 2.40. The molecule has 2 N–H and O–H groups in total. The molecule has 29 heavy (non-hydrogen) atoms. The number of nitrogens with one attached hydrogen (secondary N) is 1. The van der Waals surface area contributed by atoms with Crippen LogP contribution < -0.4 is 15.0 Å². The second-order valence-corrected chi connectivity index (χ2v) is 6.75. The summed E-state index contributed by atoms with van der Waals surface area (Å²) < 4.78 is 19.8. The van der Waals surface area contributed by atoms with Crippen LogP contribution in [0.1, 0.15) is 15.9 Å². The van der Waals surface area contributed by atoms with Gasteiger partial charge in [0, 0.05) is 26.0 Å². The molecule has 1 aliphatic heterocycles. The number of benzene rings is 2. The van der Waals surface area contributed by atoms with Gasteiger partial charge in [-0.15, -0.1) is 0 Å². The standard InChI is InChI=1S/C22H20FN3O3/c1-24-22(28)17-9-16(15-4-5-20(27)18(23)10-15)11-19-21(17)29-8-7-26(19)13-14-3-2-6-25-12-14/h2-6,9-12,27H,7-8,13H2,1H3,(H,24,28). The van der Waals surface area contributed by atoms with Gasteiger partial charge in [0.1, 0.15) is 6.61 Å². The quantitative estimate of drug-likeness (QED) is 0.711. The molecule has 0 radical (unpaired) electrons. The number of aromatic nitrogens is 1. The first-order valence-electron chi connectivity index (χ1n) is 9.22. The van der Waals surface area contributed by atoms with Crippen molar-refractivity contribution in [3.63, 3.8) is 0 Å². The maximum atomic E-state index is 13.9. The van der Waals surface area contributed by atoms with E-state index in [0.29, 0.717) is 42.1 Å². The highest BCUT2D eigenvalue weighted by atomic mass is 19.1. The Hall–Kier alpha value is -3.61. The minimum Gasteiger partial charge on any atom is -0.505 e. The van der Waals surface area contributed by atoms with Gasteiger partial charge in [0.05, 0.1) is 17.8 Å². The number of carbonyl (C=O) groups is 1. The third kappa shape index (κ3) is 3.71. The average Bonchev–Trinajstić information content (AvgIpc) is 2.75. The van der Waals surface area contributed by atoms with E-state index < -0.39 is 11.6 Å². The third-order valence-corrected chi connectivity index (χ3v) is 4.87. The van der Waals surface area contributed by atoms with E-state index >= 15 is 0 Å². The van der Waals surface area contributed by atoms with Gasteiger partial charge in [0.2, 0.25) is 0 Å². The lowest BCUT2D eigenvalue weighted by molar-refractivity contribution is 0.0958. The Morgan fingerprint density at radius 2 is 2.14 bits per heavy atom. The molecule has 1 amide bonds. The van der Waals surface area contributed by atoms with Gasteiger partial charge < -0.3 is 20.1 Å². The Kier molecular flexibility index (Phi) is 5.03. The summed E-state index contributed by atoms with van der Waals surface area (Å²) in [6.07, 6.45) is 3.52. The summed E-state index contributed by atoms with van der Waals surface area (Å²) in [5, 5.41) is 12.1. The average molecular weight is 393 g/mol. The molecule has 0 saturated heterocycles. The third-order valence-electron chi connectivity index (χ3n) is 4.87. The molecular formula is C22H20FN3O3. The number of aromatic hydroxyl groups is 1. The first kappa shape index (κ1) is 18.7. The van der Waals surface area contributed by atoms with Crippen LogP contribution in [0.5, 0.6) is 11.5 Å². The van der Waals surface area contributed by atoms with Crippen LogP contribution in [0.4, 0.5) is 10.1 Å². The van der Waals surface area contributed by atoms with Crippen molar-refractivity contribution in [1.29, 1.82) is 0 Å². The van der Waals surface area contributed by atoms with Crippen molar-refractivity contribution in [2.45, 2.75) is 6.54 Å². The van der Waals surface area contributed by atoms with Crippen LogP contribution in [-0.2, 0) is 6.54 Å². The van der Waals surface area contributed by atoms with Gasteiger partial charge in [-0.25, -0.2) is 4.39 Å². The SMILES string of the molecule is CNC(=O)c1cc(-c2ccc(O)c(F)c2)cc2c1OCCN2Cc1cccnc1. The van der Waals surface area contributed by atoms with Gasteiger partial charge in [0.15, 0.2) is 17.3 Å². The molecule has 0 saturated carbocycles. The number of phenols is 1. The number of fused-ring (bicyclic) bond motifs is 1. The fourth-order valence-corrected chi connectivity index (χ4v) is 3.41. The lowest BCUT2D eigenvalue weighted by Gasteiger charge is -2.33. The Labute approximate surface area is 167 Å². The molecule has 4 rings (SSSR count). The Morgan fingerprint density at radius 1 is 1.28 bits per heavy atom. The zero-order valence-electron chi connectivity index (χ0n) is 15.9. The molecule has 0 fully saturated rings. The van der Waals surface area contributed by atoms with Crippen molar-refractivity contribution in [1.82, 2.24) is 10.3 Å². The summed E-state index contributed by atoms with van der Waals surface area (Å²) in [5.41, 5.74) is 3.38. The fourth-order valence-electron chi connectivity index (χ4n) is 3.41. The van der Waals surface area contributed by atoms with E-state index in [9.17, 15) is 14.3 Å². The molecule has 0 unspecified atom stereocenters. The first-order chi connectivity index (χ1) is 14.1. The second kappa shape index (κ2) is 7.79. The van der Waals surface area contributed by atoms with Gasteiger partial charge >= 0.3 is 0 Å². The summed E-state index contributed by atoms with van der Waals surface area (Å²) in [6, 6.07) is 11.6. The number of amides is 1. The number of carbonyl (C=O) groups excluding carboxylic acids is 1. The Balaban J connectivity index is 1.83. The number of phenolic OH excluding ortho intramolecular Hbond substituents is 1. The lowest BCUT2D eigenvalue weighted by Crippen LogP contribution is -2.33. The number of hydrogen-bond donors (Lipinski definition) is 2. The molecule has 2 aromatic carbocycles. The molecule has 0 atom stereocenters. The van der Waals surface area contributed by atoms with Crippen molar-refractivity contribution in [3.8, 4) is 22.6 Å². The van der Waals surface area contributed by atoms with E-state index in [2.05, 4.69) is 15.2 Å². The maximum absolute atomic E-state index is 13.9. The highest BCUT2D eigenvalue weighted by molar-refractivity contribution is 6.00. The van der Waals surface area contributed by atoms with Gasteiger partial charge in [-0.05, 0) is 47.0 Å². The largest absolute Gasteiger partial charge is 0.505 e. The van der Waals surface area contributed by atoms with Gasteiger partial charge in [-0.3, -0.25) is 9.78 Å². The molecule has 6 nitrogen and oxygen atoms in total. The van der Waals surface area contributed by atoms with E-state index in [1.165, 1.54) is 12.1 Å². The number of rotatable bonds is 4. The summed E-state index contributed by atoms with van der Waals surface area (Å²) in [6.45, 7) is 1.69. The Morgan fingerprint density at radius 3 is 2.86 bits per heavy atom. The van der Waals surface area contributed by atoms with Crippen molar-refractivity contribution >= 4 is 11.6 Å². The predicted molar refractivity (Wildman–Crippen MR) is 108 cm³/mol. The molecule has 1 aromatic heterocycles. The molecule has 148 valence electrons. The number of anilines is 1. The summed E-state index contributed by atoms with van der Waals surface area (Å²) in [5.74, 6) is -0.918. The molecule has 2 heterocycles.